The van der Waals surface area contributed by atoms with Crippen LogP contribution in [0.1, 0.15) is 12.8 Å². The lowest BCUT2D eigenvalue weighted by molar-refractivity contribution is -0.213. The summed E-state index contributed by atoms with van der Waals surface area (Å²) in [4.78, 5) is 0. The second-order valence-corrected chi connectivity index (χ2v) is 3.13. The second kappa shape index (κ2) is 4.56. The molecule has 0 aromatic heterocycles. The van der Waals surface area contributed by atoms with Gasteiger partial charge in [-0.25, -0.2) is 0 Å². The molecule has 1 aliphatic carbocycles. The van der Waals surface area contributed by atoms with Gasteiger partial charge in [0.25, 0.3) is 0 Å². The smallest absolute Gasteiger partial charge is 0.244 e. The van der Waals surface area contributed by atoms with Crippen LogP contribution in [0.5, 0.6) is 0 Å². The molecule has 0 aliphatic heterocycles. The number of rotatable bonds is 2. The van der Waals surface area contributed by atoms with Crippen molar-refractivity contribution in [3.8, 4) is 0 Å². The molecule has 0 heterocycles. The Labute approximate surface area is 86.6 Å². The van der Waals surface area contributed by atoms with E-state index in [1.165, 1.54) is 14.2 Å². The highest BCUT2D eigenvalue weighted by Gasteiger charge is 2.50. The van der Waals surface area contributed by atoms with Gasteiger partial charge in [-0.05, 0) is 12.8 Å². The van der Waals surface area contributed by atoms with Crippen molar-refractivity contribution in [2.75, 3.05) is 14.2 Å². The van der Waals surface area contributed by atoms with Crippen molar-refractivity contribution < 1.29 is 25.0 Å². The zero-order valence-electron chi connectivity index (χ0n) is 8.54. The van der Waals surface area contributed by atoms with Crippen LogP contribution in [0.25, 0.3) is 0 Å². The van der Waals surface area contributed by atoms with Gasteiger partial charge in [0.15, 0.2) is 5.71 Å². The van der Waals surface area contributed by atoms with E-state index in [0.717, 1.165) is 0 Å². The third-order valence-electron chi connectivity index (χ3n) is 2.52. The fraction of sp³-hybridized carbons (Fsp3) is 0.750. The maximum absolute atomic E-state index is 9.76. The van der Waals surface area contributed by atoms with Crippen molar-refractivity contribution in [3.63, 3.8) is 0 Å². The molecule has 15 heavy (non-hydrogen) atoms. The van der Waals surface area contributed by atoms with Crippen LogP contribution in [0.2, 0.25) is 0 Å². The largest absolute Gasteiger partial charge is 0.411 e. The van der Waals surface area contributed by atoms with Crippen molar-refractivity contribution in [1.82, 2.24) is 0 Å². The van der Waals surface area contributed by atoms with Crippen molar-refractivity contribution in [2.24, 2.45) is 10.3 Å². The van der Waals surface area contributed by atoms with Crippen LogP contribution in [-0.2, 0) is 9.47 Å². The van der Waals surface area contributed by atoms with Gasteiger partial charge in [0.2, 0.25) is 5.79 Å². The molecule has 0 amide bonds. The van der Waals surface area contributed by atoms with Gasteiger partial charge in [-0.1, -0.05) is 10.3 Å². The fourth-order valence-corrected chi connectivity index (χ4v) is 1.71. The molecule has 86 valence electrons. The fourth-order valence-electron chi connectivity index (χ4n) is 1.71. The zero-order valence-corrected chi connectivity index (χ0v) is 8.54. The van der Waals surface area contributed by atoms with Gasteiger partial charge >= 0.3 is 0 Å². The molecule has 0 spiro atoms. The Morgan fingerprint density at radius 1 is 1.27 bits per heavy atom. The quantitative estimate of drug-likeness (QED) is 0.338. The van der Waals surface area contributed by atoms with E-state index in [-0.39, 0.29) is 17.8 Å². The van der Waals surface area contributed by atoms with Crippen LogP contribution in [0.15, 0.2) is 10.3 Å². The number of oxime groups is 2. The summed E-state index contributed by atoms with van der Waals surface area (Å²) in [7, 11) is 2.61. The molecular formula is C8H14N2O5. The highest BCUT2D eigenvalue weighted by molar-refractivity contribution is 6.45. The molecule has 0 aromatic carbocycles. The molecule has 3 N–H and O–H groups in total. The molecule has 0 aromatic rings. The molecule has 7 nitrogen and oxygen atoms in total. The molecule has 7 heteroatoms. The molecule has 0 radical (unpaired) electrons. The number of aliphatic hydroxyl groups excluding tert-OH is 1. The highest BCUT2D eigenvalue weighted by Crippen LogP contribution is 2.29. The Balaban J connectivity index is 3.18. The van der Waals surface area contributed by atoms with Crippen LogP contribution in [-0.4, -0.2) is 53.1 Å². The first kappa shape index (κ1) is 11.9. The normalized spacial score (nSPS) is 31.0. The summed E-state index contributed by atoms with van der Waals surface area (Å²) in [6, 6.07) is 0. The van der Waals surface area contributed by atoms with Crippen molar-refractivity contribution in [2.45, 2.75) is 24.7 Å². The summed E-state index contributed by atoms with van der Waals surface area (Å²) in [6.45, 7) is 0. The zero-order chi connectivity index (χ0) is 11.5. The monoisotopic (exact) mass is 218 g/mol. The average molecular weight is 218 g/mol. The van der Waals surface area contributed by atoms with Crippen molar-refractivity contribution in [3.05, 3.63) is 0 Å². The number of nitrogens with zero attached hydrogens (tertiary/aromatic N) is 2. The lowest BCUT2D eigenvalue weighted by Crippen LogP contribution is -2.58. The van der Waals surface area contributed by atoms with E-state index in [1.54, 1.807) is 0 Å². The van der Waals surface area contributed by atoms with Crippen LogP contribution < -0.4 is 0 Å². The van der Waals surface area contributed by atoms with E-state index < -0.39 is 11.9 Å². The minimum atomic E-state index is -1.57. The van der Waals surface area contributed by atoms with Gasteiger partial charge in [-0.15, -0.1) is 0 Å². The van der Waals surface area contributed by atoms with Gasteiger partial charge in [0.05, 0.1) is 0 Å². The minimum absolute atomic E-state index is 0.117. The Bertz CT molecular complexity index is 285. The summed E-state index contributed by atoms with van der Waals surface area (Å²) in [5.74, 6) is -1.57. The average Bonchev–Trinajstić information content (AvgIpc) is 2.28. The predicted molar refractivity (Wildman–Crippen MR) is 50.4 cm³/mol. The van der Waals surface area contributed by atoms with Crippen molar-refractivity contribution >= 4 is 11.4 Å². The minimum Gasteiger partial charge on any atom is -0.411 e. The summed E-state index contributed by atoms with van der Waals surface area (Å²) in [5.41, 5.74) is 0.0141. The molecular weight excluding hydrogens is 204 g/mol. The van der Waals surface area contributed by atoms with Crippen molar-refractivity contribution in [1.29, 1.82) is 0 Å². The first-order chi connectivity index (χ1) is 7.16. The number of hydrogen-bond acceptors (Lipinski definition) is 7. The molecule has 1 fully saturated rings. The number of ether oxygens (including phenoxy) is 2. The van der Waals surface area contributed by atoms with Gasteiger partial charge in [0, 0.05) is 14.2 Å². The summed E-state index contributed by atoms with van der Waals surface area (Å²) < 4.78 is 10.0. The van der Waals surface area contributed by atoms with E-state index in [2.05, 4.69) is 10.3 Å². The third kappa shape index (κ3) is 1.69. The topological polar surface area (TPSA) is 104 Å². The summed E-state index contributed by atoms with van der Waals surface area (Å²) in [5, 5.41) is 33.2. The van der Waals surface area contributed by atoms with E-state index in [1.807, 2.05) is 0 Å². The molecule has 0 saturated heterocycles. The van der Waals surface area contributed by atoms with Crippen LogP contribution in [0.3, 0.4) is 0 Å². The third-order valence-corrected chi connectivity index (χ3v) is 2.52. The molecule has 1 unspecified atom stereocenters. The standard InChI is InChI=1S/C8H14N2O5/c1-14-8(15-2)6(11)4-3-5(9-12)7(8)10-13/h6,11-13H,3-4H2,1-2H3/b9-5-,10-7+. The van der Waals surface area contributed by atoms with E-state index in [0.29, 0.717) is 6.42 Å². The lowest BCUT2D eigenvalue weighted by Gasteiger charge is -2.38. The van der Waals surface area contributed by atoms with E-state index >= 15 is 0 Å². The van der Waals surface area contributed by atoms with Gasteiger partial charge in [0.1, 0.15) is 11.8 Å². The number of methoxy groups -OCH3 is 2. The summed E-state index contributed by atoms with van der Waals surface area (Å²) >= 11 is 0. The van der Waals surface area contributed by atoms with Gasteiger partial charge in [-0.2, -0.15) is 0 Å². The molecule has 1 atom stereocenters. The first-order valence-corrected chi connectivity index (χ1v) is 4.38. The predicted octanol–water partition coefficient (Wildman–Crippen LogP) is -0.209. The van der Waals surface area contributed by atoms with Crippen LogP contribution in [0, 0.1) is 0 Å². The Morgan fingerprint density at radius 2 is 1.87 bits per heavy atom. The number of hydrogen-bond donors (Lipinski definition) is 3. The Morgan fingerprint density at radius 3 is 2.27 bits per heavy atom. The Hall–Kier alpha value is -1.18. The number of aliphatic hydroxyl groups is 1. The van der Waals surface area contributed by atoms with Crippen LogP contribution in [0.4, 0.5) is 0 Å². The lowest BCUT2D eigenvalue weighted by atomic mass is 9.87. The molecule has 1 saturated carbocycles. The molecule has 1 aliphatic rings. The second-order valence-electron chi connectivity index (χ2n) is 3.13. The van der Waals surface area contributed by atoms with Crippen LogP contribution >= 0.6 is 0 Å². The highest BCUT2D eigenvalue weighted by atomic mass is 16.7. The SMILES string of the molecule is COC1(OC)C(=N/O)/C(=N\O)CCC1O. The maximum atomic E-state index is 9.76. The Kier molecular flexibility index (Phi) is 3.61. The maximum Gasteiger partial charge on any atom is 0.244 e. The summed E-state index contributed by atoms with van der Waals surface area (Å²) in [6.07, 6.45) is -0.407. The molecule has 0 bridgehead atoms. The van der Waals surface area contributed by atoms with Gasteiger partial charge in [-0.3, -0.25) is 0 Å². The van der Waals surface area contributed by atoms with E-state index in [9.17, 15) is 5.11 Å². The van der Waals surface area contributed by atoms with E-state index in [4.69, 9.17) is 19.9 Å². The van der Waals surface area contributed by atoms with Gasteiger partial charge < -0.3 is 25.0 Å². The molecule has 1 rings (SSSR count). The first-order valence-electron chi connectivity index (χ1n) is 4.38.